The smallest absolute Gasteiger partial charge is 0.133 e. The van der Waals surface area contributed by atoms with Gasteiger partial charge < -0.3 is 10.6 Å². The van der Waals surface area contributed by atoms with Crippen molar-refractivity contribution in [2.24, 2.45) is 11.1 Å². The Balaban J connectivity index is 3.12. The molecule has 1 aromatic heterocycles. The highest BCUT2D eigenvalue weighted by atomic mass is 15.2. The molecule has 96 valence electrons. The molecule has 1 atom stereocenters. The molecule has 0 saturated heterocycles. The van der Waals surface area contributed by atoms with E-state index in [9.17, 15) is 0 Å². The molecule has 0 spiro atoms. The minimum Gasteiger partial charge on any atom is -0.356 e. The van der Waals surface area contributed by atoms with Crippen LogP contribution in [0.25, 0.3) is 0 Å². The van der Waals surface area contributed by atoms with Gasteiger partial charge in [-0.15, -0.1) is 0 Å². The Hall–Kier alpha value is -1.09. The van der Waals surface area contributed by atoms with Gasteiger partial charge in [-0.25, -0.2) is 4.98 Å². The van der Waals surface area contributed by atoms with Crippen LogP contribution in [0.5, 0.6) is 0 Å². The van der Waals surface area contributed by atoms with E-state index in [0.717, 1.165) is 11.4 Å². The van der Waals surface area contributed by atoms with Gasteiger partial charge in [-0.05, 0) is 30.9 Å². The molecule has 0 aliphatic rings. The fraction of sp³-hybridized carbons (Fsp3) is 0.643. The quantitative estimate of drug-likeness (QED) is 0.876. The van der Waals surface area contributed by atoms with E-state index in [4.69, 9.17) is 5.73 Å². The highest BCUT2D eigenvalue weighted by Gasteiger charge is 2.26. The number of aryl methyl sites for hydroxylation is 1. The molecule has 0 bridgehead atoms. The average molecular weight is 235 g/mol. The number of nitrogens with zero attached hydrogens (tertiary/aromatic N) is 2. The summed E-state index contributed by atoms with van der Waals surface area (Å²) in [5, 5.41) is 0. The number of pyridine rings is 1. The number of nitrogens with two attached hydrogens (primary N) is 1. The summed E-state index contributed by atoms with van der Waals surface area (Å²) in [6.45, 7) is 11.6. The first-order chi connectivity index (χ1) is 7.79. The molecule has 17 heavy (non-hydrogen) atoms. The molecule has 0 aliphatic carbocycles. The first-order valence-electron chi connectivity index (χ1n) is 6.16. The average Bonchev–Trinajstić information content (AvgIpc) is 2.25. The topological polar surface area (TPSA) is 42.2 Å². The van der Waals surface area contributed by atoms with Crippen LogP contribution in [0.2, 0.25) is 0 Å². The van der Waals surface area contributed by atoms with Gasteiger partial charge in [0, 0.05) is 31.4 Å². The Morgan fingerprint density at radius 3 is 2.47 bits per heavy atom. The normalized spacial score (nSPS) is 13.6. The first kappa shape index (κ1) is 14.0. The lowest BCUT2D eigenvalue weighted by atomic mass is 9.87. The third kappa shape index (κ3) is 2.97. The van der Waals surface area contributed by atoms with Crippen molar-refractivity contribution in [3.05, 3.63) is 23.4 Å². The summed E-state index contributed by atoms with van der Waals surface area (Å²) in [5.41, 5.74) is 8.40. The molecule has 0 aliphatic heterocycles. The monoisotopic (exact) mass is 235 g/mol. The maximum Gasteiger partial charge on any atom is 0.133 e. The summed E-state index contributed by atoms with van der Waals surface area (Å²) in [7, 11) is 2.09. The standard InChI is InChI=1S/C14H25N3/c1-10-7-8-16-13(12(10)9-15)17(6)11(2)14(3,4)5/h7-8,11H,9,15H2,1-6H3. The lowest BCUT2D eigenvalue weighted by Crippen LogP contribution is -2.40. The number of aromatic nitrogens is 1. The van der Waals surface area contributed by atoms with Crippen molar-refractivity contribution in [2.45, 2.75) is 47.2 Å². The predicted octanol–water partition coefficient (Wildman–Crippen LogP) is 2.72. The Morgan fingerprint density at radius 2 is 2.00 bits per heavy atom. The summed E-state index contributed by atoms with van der Waals surface area (Å²) >= 11 is 0. The van der Waals surface area contributed by atoms with E-state index in [1.54, 1.807) is 0 Å². The van der Waals surface area contributed by atoms with Crippen LogP contribution in [0.1, 0.15) is 38.8 Å². The molecule has 1 aromatic rings. The zero-order chi connectivity index (χ0) is 13.2. The molecule has 3 heteroatoms. The maximum absolute atomic E-state index is 5.83. The van der Waals surface area contributed by atoms with Gasteiger partial charge in [0.15, 0.2) is 0 Å². The van der Waals surface area contributed by atoms with Gasteiger partial charge in [-0.3, -0.25) is 0 Å². The van der Waals surface area contributed by atoms with Crippen molar-refractivity contribution < 1.29 is 0 Å². The summed E-state index contributed by atoms with van der Waals surface area (Å²) in [5.74, 6) is 1.01. The van der Waals surface area contributed by atoms with E-state index in [1.807, 2.05) is 12.3 Å². The van der Waals surface area contributed by atoms with Crippen molar-refractivity contribution in [3.63, 3.8) is 0 Å². The minimum atomic E-state index is 0.214. The van der Waals surface area contributed by atoms with Gasteiger partial charge in [0.05, 0.1) is 0 Å². The maximum atomic E-state index is 5.83. The fourth-order valence-electron chi connectivity index (χ4n) is 1.90. The Morgan fingerprint density at radius 1 is 1.41 bits per heavy atom. The Kier molecular flexibility index (Phi) is 4.15. The molecule has 0 saturated carbocycles. The van der Waals surface area contributed by atoms with Crippen molar-refractivity contribution >= 4 is 5.82 Å². The highest BCUT2D eigenvalue weighted by molar-refractivity contribution is 5.50. The van der Waals surface area contributed by atoms with Crippen LogP contribution in [0.4, 0.5) is 5.82 Å². The first-order valence-corrected chi connectivity index (χ1v) is 6.16. The van der Waals surface area contributed by atoms with E-state index < -0.39 is 0 Å². The van der Waals surface area contributed by atoms with Crippen LogP contribution < -0.4 is 10.6 Å². The third-order valence-corrected chi connectivity index (χ3v) is 3.64. The largest absolute Gasteiger partial charge is 0.356 e. The van der Waals surface area contributed by atoms with Crippen molar-refractivity contribution in [3.8, 4) is 0 Å². The highest BCUT2D eigenvalue weighted by Crippen LogP contribution is 2.28. The molecular formula is C14H25N3. The zero-order valence-corrected chi connectivity index (χ0v) is 11.9. The third-order valence-electron chi connectivity index (χ3n) is 3.64. The summed E-state index contributed by atoms with van der Waals surface area (Å²) in [4.78, 5) is 6.72. The predicted molar refractivity (Wildman–Crippen MR) is 74.2 cm³/mol. The van der Waals surface area contributed by atoms with Crippen molar-refractivity contribution in [1.29, 1.82) is 0 Å². The van der Waals surface area contributed by atoms with Crippen molar-refractivity contribution in [1.82, 2.24) is 4.98 Å². The van der Waals surface area contributed by atoms with E-state index in [1.165, 1.54) is 5.56 Å². The minimum absolute atomic E-state index is 0.214. The lowest BCUT2D eigenvalue weighted by molar-refractivity contribution is 0.328. The Bertz CT molecular complexity index is 380. The Labute approximate surface area is 105 Å². The van der Waals surface area contributed by atoms with Crippen LogP contribution in [0.15, 0.2) is 12.3 Å². The molecule has 0 fully saturated rings. The lowest BCUT2D eigenvalue weighted by Gasteiger charge is -2.37. The number of anilines is 1. The molecule has 0 aromatic carbocycles. The van der Waals surface area contributed by atoms with Crippen LogP contribution in [0.3, 0.4) is 0 Å². The number of hydrogen-bond acceptors (Lipinski definition) is 3. The number of rotatable bonds is 3. The molecule has 2 N–H and O–H groups in total. The van der Waals surface area contributed by atoms with E-state index >= 15 is 0 Å². The van der Waals surface area contributed by atoms with Crippen LogP contribution >= 0.6 is 0 Å². The van der Waals surface area contributed by atoms with Crippen molar-refractivity contribution in [2.75, 3.05) is 11.9 Å². The molecule has 0 radical (unpaired) electrons. The summed E-state index contributed by atoms with van der Waals surface area (Å²) in [6.07, 6.45) is 1.86. The molecule has 1 rings (SSSR count). The van der Waals surface area contributed by atoms with Gasteiger partial charge in [0.25, 0.3) is 0 Å². The molecule has 1 unspecified atom stereocenters. The van der Waals surface area contributed by atoms with Gasteiger partial charge in [0.2, 0.25) is 0 Å². The number of hydrogen-bond donors (Lipinski definition) is 1. The van der Waals surface area contributed by atoms with Crippen LogP contribution in [0, 0.1) is 12.3 Å². The van der Waals surface area contributed by atoms with Gasteiger partial charge >= 0.3 is 0 Å². The van der Waals surface area contributed by atoms with Gasteiger partial charge in [0.1, 0.15) is 5.82 Å². The zero-order valence-electron chi connectivity index (χ0n) is 11.9. The molecule has 1 heterocycles. The van der Waals surface area contributed by atoms with E-state index in [2.05, 4.69) is 51.6 Å². The van der Waals surface area contributed by atoms with Gasteiger partial charge in [-0.2, -0.15) is 0 Å². The SMILES string of the molecule is Cc1ccnc(N(C)C(C)C(C)(C)C)c1CN. The fourth-order valence-corrected chi connectivity index (χ4v) is 1.90. The second-order valence-electron chi connectivity index (χ2n) is 5.79. The van der Waals surface area contributed by atoms with E-state index in [-0.39, 0.29) is 5.41 Å². The molecule has 3 nitrogen and oxygen atoms in total. The van der Waals surface area contributed by atoms with E-state index in [0.29, 0.717) is 12.6 Å². The summed E-state index contributed by atoms with van der Waals surface area (Å²) < 4.78 is 0. The molecule has 0 amide bonds. The summed E-state index contributed by atoms with van der Waals surface area (Å²) in [6, 6.07) is 2.42. The second-order valence-corrected chi connectivity index (χ2v) is 5.79. The van der Waals surface area contributed by atoms with Crippen LogP contribution in [-0.2, 0) is 6.54 Å². The van der Waals surface area contributed by atoms with Gasteiger partial charge in [-0.1, -0.05) is 20.8 Å². The van der Waals surface area contributed by atoms with Crippen LogP contribution in [-0.4, -0.2) is 18.1 Å². The molecular weight excluding hydrogens is 210 g/mol. The second kappa shape index (κ2) is 5.05.